The van der Waals surface area contributed by atoms with E-state index >= 15 is 0 Å². The average molecular weight is 607 g/mol. The molecule has 42 heavy (non-hydrogen) atoms. The Morgan fingerprint density at radius 3 is 2.02 bits per heavy atom. The first-order valence-corrected chi connectivity index (χ1v) is 14.8. The van der Waals surface area contributed by atoms with E-state index in [0.717, 1.165) is 22.4 Å². The minimum absolute atomic E-state index is 0.155. The molecule has 3 aromatic carbocycles. The lowest BCUT2D eigenvalue weighted by Crippen LogP contribution is -2.45. The number of rotatable bonds is 9. The quantitative estimate of drug-likeness (QED) is 0.200. The highest BCUT2D eigenvalue weighted by Crippen LogP contribution is 2.33. The van der Waals surface area contributed by atoms with E-state index in [9.17, 15) is 9.59 Å². The molecule has 0 atom stereocenters. The van der Waals surface area contributed by atoms with E-state index in [1.807, 2.05) is 62.4 Å². The lowest BCUT2D eigenvalue weighted by atomic mass is 9.93. The van der Waals surface area contributed by atoms with Crippen molar-refractivity contribution >= 4 is 46.6 Å². The van der Waals surface area contributed by atoms with Gasteiger partial charge in [-0.15, -0.1) is 0 Å². The van der Waals surface area contributed by atoms with Gasteiger partial charge in [0.25, 0.3) is 0 Å². The third kappa shape index (κ3) is 7.15. The Kier molecular flexibility index (Phi) is 9.97. The molecule has 4 aromatic rings. The van der Waals surface area contributed by atoms with Crippen LogP contribution in [0, 0.1) is 0 Å². The molecule has 3 amide bonds. The maximum absolute atomic E-state index is 13.6. The number of aromatic nitrogens is 2. The summed E-state index contributed by atoms with van der Waals surface area (Å²) in [5.74, 6) is 0.514. The van der Waals surface area contributed by atoms with Crippen LogP contribution in [0.1, 0.15) is 64.5 Å². The third-order valence-corrected chi connectivity index (χ3v) is 7.74. The molecular formula is C33H37Cl2N5O2. The molecule has 220 valence electrons. The number of hydrogen-bond donors (Lipinski definition) is 2. The van der Waals surface area contributed by atoms with E-state index in [1.165, 1.54) is 4.90 Å². The van der Waals surface area contributed by atoms with Crippen LogP contribution in [0.25, 0.3) is 16.9 Å². The van der Waals surface area contributed by atoms with Crippen molar-refractivity contribution in [1.29, 1.82) is 0 Å². The van der Waals surface area contributed by atoms with Crippen molar-refractivity contribution in [3.8, 4) is 16.9 Å². The topological polar surface area (TPSA) is 79.3 Å². The number of benzene rings is 3. The second kappa shape index (κ2) is 13.4. The Balaban J connectivity index is 1.61. The summed E-state index contributed by atoms with van der Waals surface area (Å²) in [5.41, 5.74) is 5.11. The van der Waals surface area contributed by atoms with Gasteiger partial charge >= 0.3 is 6.03 Å². The van der Waals surface area contributed by atoms with E-state index in [2.05, 4.69) is 38.3 Å². The highest BCUT2D eigenvalue weighted by molar-refractivity contribution is 6.42. The molecule has 4 rings (SSSR count). The van der Waals surface area contributed by atoms with E-state index < -0.39 is 0 Å². The SMILES string of the molecule is CC(C)c1cccc(C(C)C)c1NC(=O)N(CC(=O)Nc1cc(-c2ccccc2)nn1-c1ccc(Cl)c(Cl)c1)C(C)C. The van der Waals surface area contributed by atoms with Crippen molar-refractivity contribution in [2.45, 2.75) is 59.4 Å². The lowest BCUT2D eigenvalue weighted by Gasteiger charge is -2.28. The molecule has 0 fully saturated rings. The lowest BCUT2D eigenvalue weighted by molar-refractivity contribution is -0.117. The summed E-state index contributed by atoms with van der Waals surface area (Å²) in [4.78, 5) is 28.6. The number of halogens is 2. The molecule has 1 heterocycles. The van der Waals surface area contributed by atoms with Crippen molar-refractivity contribution in [1.82, 2.24) is 14.7 Å². The fourth-order valence-electron chi connectivity index (χ4n) is 4.73. The highest BCUT2D eigenvalue weighted by atomic mass is 35.5. The van der Waals surface area contributed by atoms with Crippen molar-refractivity contribution in [3.63, 3.8) is 0 Å². The molecule has 7 nitrogen and oxygen atoms in total. The smallest absolute Gasteiger partial charge is 0.313 e. The first-order chi connectivity index (χ1) is 20.0. The van der Waals surface area contributed by atoms with Crippen LogP contribution in [-0.4, -0.2) is 39.2 Å². The largest absolute Gasteiger partial charge is 0.322 e. The van der Waals surface area contributed by atoms with Gasteiger partial charge < -0.3 is 15.5 Å². The molecule has 0 spiro atoms. The van der Waals surface area contributed by atoms with Crippen LogP contribution in [0.2, 0.25) is 10.0 Å². The molecule has 0 aliphatic rings. The Hall–Kier alpha value is -3.81. The van der Waals surface area contributed by atoms with E-state index in [1.54, 1.807) is 28.9 Å². The van der Waals surface area contributed by atoms with Crippen molar-refractivity contribution in [2.24, 2.45) is 0 Å². The van der Waals surface area contributed by atoms with Gasteiger partial charge in [-0.2, -0.15) is 5.10 Å². The van der Waals surface area contributed by atoms with Crippen LogP contribution < -0.4 is 10.6 Å². The average Bonchev–Trinajstić information content (AvgIpc) is 3.36. The summed E-state index contributed by atoms with van der Waals surface area (Å²) in [6.07, 6.45) is 0. The van der Waals surface area contributed by atoms with Gasteiger partial charge in [-0.05, 0) is 55.0 Å². The van der Waals surface area contributed by atoms with Crippen molar-refractivity contribution < 1.29 is 9.59 Å². The molecule has 0 saturated carbocycles. The molecule has 0 radical (unpaired) electrons. The standard InChI is InChI=1S/C33H37Cl2N5O2/c1-20(2)25-13-10-14-26(21(3)4)32(25)37-33(42)39(22(5)6)19-31(41)36-30-18-29(23-11-8-7-9-12-23)38-40(30)24-15-16-27(34)28(35)17-24/h7-18,20-22H,19H2,1-6H3,(H,36,41)(H,37,42). The number of nitrogens with one attached hydrogen (secondary N) is 2. The van der Waals surface area contributed by atoms with Crippen LogP contribution in [0.4, 0.5) is 16.3 Å². The van der Waals surface area contributed by atoms with Gasteiger partial charge in [0, 0.05) is 23.4 Å². The molecular weight excluding hydrogens is 569 g/mol. The monoisotopic (exact) mass is 605 g/mol. The molecule has 0 aliphatic heterocycles. The Labute approximate surface area is 257 Å². The molecule has 1 aromatic heterocycles. The maximum atomic E-state index is 13.6. The van der Waals surface area contributed by atoms with Gasteiger partial charge in [-0.3, -0.25) is 4.79 Å². The zero-order chi connectivity index (χ0) is 30.6. The zero-order valence-corrected chi connectivity index (χ0v) is 26.3. The number of hydrogen-bond acceptors (Lipinski definition) is 3. The number of anilines is 2. The zero-order valence-electron chi connectivity index (χ0n) is 24.8. The highest BCUT2D eigenvalue weighted by Gasteiger charge is 2.24. The van der Waals surface area contributed by atoms with E-state index in [0.29, 0.717) is 27.2 Å². The Bertz CT molecular complexity index is 1540. The number of amides is 3. The van der Waals surface area contributed by atoms with Crippen LogP contribution in [0.15, 0.2) is 72.8 Å². The summed E-state index contributed by atoms with van der Waals surface area (Å²) in [6.45, 7) is 12.0. The second-order valence-electron chi connectivity index (χ2n) is 11.1. The molecule has 0 aliphatic carbocycles. The second-order valence-corrected chi connectivity index (χ2v) is 11.9. The van der Waals surface area contributed by atoms with E-state index in [4.69, 9.17) is 28.3 Å². The van der Waals surface area contributed by atoms with E-state index in [-0.39, 0.29) is 36.4 Å². The molecule has 0 bridgehead atoms. The number of nitrogens with zero attached hydrogens (tertiary/aromatic N) is 3. The Morgan fingerprint density at radius 1 is 0.810 bits per heavy atom. The van der Waals surface area contributed by atoms with Crippen LogP contribution >= 0.6 is 23.2 Å². The van der Waals surface area contributed by atoms with Gasteiger partial charge in [-0.25, -0.2) is 9.48 Å². The minimum Gasteiger partial charge on any atom is -0.313 e. The first kappa shape index (κ1) is 31.1. The fourth-order valence-corrected chi connectivity index (χ4v) is 5.03. The van der Waals surface area contributed by atoms with Crippen molar-refractivity contribution in [2.75, 3.05) is 17.2 Å². The molecule has 0 unspecified atom stereocenters. The van der Waals surface area contributed by atoms with Crippen molar-refractivity contribution in [3.05, 3.63) is 94.0 Å². The van der Waals surface area contributed by atoms with Crippen LogP contribution in [-0.2, 0) is 4.79 Å². The van der Waals surface area contributed by atoms with Crippen LogP contribution in [0.3, 0.4) is 0 Å². The van der Waals surface area contributed by atoms with Gasteiger partial charge in [0.05, 0.1) is 21.4 Å². The van der Waals surface area contributed by atoms with Gasteiger partial charge in [0.15, 0.2) is 0 Å². The number of carbonyl (C=O) groups excluding carboxylic acids is 2. The normalized spacial score (nSPS) is 11.3. The number of urea groups is 1. The minimum atomic E-state index is -0.360. The van der Waals surface area contributed by atoms with Gasteiger partial charge in [-0.1, -0.05) is 99.4 Å². The predicted molar refractivity (Wildman–Crippen MR) is 173 cm³/mol. The maximum Gasteiger partial charge on any atom is 0.322 e. The summed E-state index contributed by atoms with van der Waals surface area (Å²) in [5, 5.41) is 11.6. The predicted octanol–water partition coefficient (Wildman–Crippen LogP) is 8.97. The van der Waals surface area contributed by atoms with Crippen LogP contribution in [0.5, 0.6) is 0 Å². The first-order valence-electron chi connectivity index (χ1n) is 14.1. The molecule has 2 N–H and O–H groups in total. The summed E-state index contributed by atoms with van der Waals surface area (Å²) >= 11 is 12.4. The number of para-hydroxylation sites is 1. The molecule has 0 saturated heterocycles. The van der Waals surface area contributed by atoms with Gasteiger partial charge in [0.2, 0.25) is 5.91 Å². The number of carbonyl (C=O) groups is 2. The van der Waals surface area contributed by atoms with Gasteiger partial charge in [0.1, 0.15) is 12.4 Å². The fraction of sp³-hybridized carbons (Fsp3) is 0.303. The molecule has 9 heteroatoms. The summed E-state index contributed by atoms with van der Waals surface area (Å²) in [7, 11) is 0. The summed E-state index contributed by atoms with van der Waals surface area (Å²) < 4.78 is 1.61. The third-order valence-electron chi connectivity index (χ3n) is 7.00. The Morgan fingerprint density at radius 2 is 1.45 bits per heavy atom. The summed E-state index contributed by atoms with van der Waals surface area (Å²) in [6, 6.07) is 22.1.